The van der Waals surface area contributed by atoms with E-state index in [1.54, 1.807) is 24.5 Å². The summed E-state index contributed by atoms with van der Waals surface area (Å²) in [5.41, 5.74) is 1.77. The minimum Gasteiger partial charge on any atom is -0.447 e. The zero-order chi connectivity index (χ0) is 25.5. The third-order valence-electron chi connectivity index (χ3n) is 5.77. The molecule has 36 heavy (non-hydrogen) atoms. The molecular weight excluding hydrogens is 469 g/mol. The summed E-state index contributed by atoms with van der Waals surface area (Å²) < 4.78 is 45.3. The maximum absolute atomic E-state index is 13.2. The third kappa shape index (κ3) is 6.57. The van der Waals surface area contributed by atoms with Crippen LogP contribution in [0.4, 0.5) is 13.2 Å². The Hall–Kier alpha value is -3.98. The molecule has 4 rings (SSSR count). The lowest BCUT2D eigenvalue weighted by molar-refractivity contribution is -0.137. The first-order chi connectivity index (χ1) is 17.3. The molecule has 1 amide bonds. The van der Waals surface area contributed by atoms with E-state index in [0.717, 1.165) is 23.3 Å². The van der Waals surface area contributed by atoms with Crippen LogP contribution < -0.4 is 5.32 Å². The molecule has 0 spiro atoms. The first-order valence-electron chi connectivity index (χ1n) is 11.4. The van der Waals surface area contributed by atoms with Gasteiger partial charge in [-0.2, -0.15) is 13.2 Å². The predicted octanol–water partition coefficient (Wildman–Crippen LogP) is 5.78. The van der Waals surface area contributed by atoms with Crippen molar-refractivity contribution in [1.29, 1.82) is 0 Å². The molecule has 0 aliphatic heterocycles. The first-order valence-corrected chi connectivity index (χ1v) is 11.4. The fourth-order valence-corrected chi connectivity index (χ4v) is 3.79. The molecule has 0 bridgehead atoms. The summed E-state index contributed by atoms with van der Waals surface area (Å²) in [5.74, 6) is -0.106. The van der Waals surface area contributed by atoms with Crippen molar-refractivity contribution in [3.05, 3.63) is 119 Å². The van der Waals surface area contributed by atoms with Crippen molar-refractivity contribution in [3.63, 3.8) is 0 Å². The van der Waals surface area contributed by atoms with E-state index >= 15 is 0 Å². The van der Waals surface area contributed by atoms with Crippen molar-refractivity contribution in [3.8, 4) is 0 Å². The molecule has 0 aliphatic carbocycles. The number of aromatic nitrogens is 2. The number of hydrogen-bond donors (Lipinski definition) is 1. The normalized spacial score (nSPS) is 12.5. The summed E-state index contributed by atoms with van der Waals surface area (Å²) in [5, 5.41) is 2.77. The minimum absolute atomic E-state index is 0.125. The number of alkyl halides is 3. The summed E-state index contributed by atoms with van der Waals surface area (Å²) in [6.45, 7) is 2.68. The van der Waals surface area contributed by atoms with Gasteiger partial charge in [0, 0.05) is 31.5 Å². The monoisotopic (exact) mass is 494 g/mol. The number of oxazole rings is 1. The van der Waals surface area contributed by atoms with E-state index in [1.165, 1.54) is 12.3 Å². The van der Waals surface area contributed by atoms with Crippen LogP contribution in [0.15, 0.2) is 89.8 Å². The van der Waals surface area contributed by atoms with Crippen molar-refractivity contribution in [1.82, 2.24) is 20.2 Å². The highest BCUT2D eigenvalue weighted by Crippen LogP contribution is 2.31. The molecule has 0 saturated carbocycles. The molecule has 4 aromatic rings. The lowest BCUT2D eigenvalue weighted by atomic mass is 10.0. The molecule has 1 unspecified atom stereocenters. The van der Waals surface area contributed by atoms with Crippen molar-refractivity contribution >= 4 is 5.91 Å². The van der Waals surface area contributed by atoms with Crippen LogP contribution in [0.1, 0.15) is 51.6 Å². The van der Waals surface area contributed by atoms with Crippen LogP contribution in [0.3, 0.4) is 0 Å². The average Bonchev–Trinajstić information content (AvgIpc) is 3.36. The zero-order valence-corrected chi connectivity index (χ0v) is 19.6. The Balaban J connectivity index is 1.51. The van der Waals surface area contributed by atoms with Gasteiger partial charge in [0.1, 0.15) is 6.26 Å². The molecule has 0 aliphatic rings. The van der Waals surface area contributed by atoms with E-state index in [9.17, 15) is 18.0 Å². The van der Waals surface area contributed by atoms with Gasteiger partial charge in [-0.3, -0.25) is 14.7 Å². The number of carbonyl (C=O) groups excluding carboxylic acids is 1. The lowest BCUT2D eigenvalue weighted by Gasteiger charge is -2.28. The van der Waals surface area contributed by atoms with Gasteiger partial charge in [0.25, 0.3) is 5.91 Å². The second-order valence-electron chi connectivity index (χ2n) is 8.36. The Labute approximate surface area is 206 Å². The van der Waals surface area contributed by atoms with Crippen LogP contribution in [0.2, 0.25) is 0 Å². The fourth-order valence-electron chi connectivity index (χ4n) is 3.79. The second-order valence-corrected chi connectivity index (χ2v) is 8.36. The van der Waals surface area contributed by atoms with Gasteiger partial charge in [-0.1, -0.05) is 54.6 Å². The van der Waals surface area contributed by atoms with E-state index in [-0.39, 0.29) is 30.7 Å². The molecule has 2 heterocycles. The Bertz CT molecular complexity index is 1280. The number of rotatable bonds is 9. The number of hydrogen-bond acceptors (Lipinski definition) is 5. The molecule has 6 nitrogen and oxygen atoms in total. The van der Waals surface area contributed by atoms with Crippen LogP contribution in [-0.2, 0) is 25.8 Å². The highest BCUT2D eigenvalue weighted by molar-refractivity contribution is 5.91. The van der Waals surface area contributed by atoms with Crippen LogP contribution in [0.5, 0.6) is 0 Å². The second kappa shape index (κ2) is 11.2. The van der Waals surface area contributed by atoms with Crippen molar-refractivity contribution < 1.29 is 22.4 Å². The smallest absolute Gasteiger partial charge is 0.416 e. The van der Waals surface area contributed by atoms with Crippen molar-refractivity contribution in [2.45, 2.75) is 38.8 Å². The largest absolute Gasteiger partial charge is 0.447 e. The van der Waals surface area contributed by atoms with E-state index in [4.69, 9.17) is 4.42 Å². The maximum atomic E-state index is 13.2. The summed E-state index contributed by atoms with van der Waals surface area (Å²) >= 11 is 0. The number of pyridine rings is 1. The molecular formula is C27H25F3N4O2. The van der Waals surface area contributed by atoms with E-state index in [1.807, 2.05) is 48.2 Å². The number of carbonyl (C=O) groups is 1. The highest BCUT2D eigenvalue weighted by atomic mass is 19.4. The Morgan fingerprint density at radius 2 is 1.81 bits per heavy atom. The van der Waals surface area contributed by atoms with E-state index in [2.05, 4.69) is 15.3 Å². The first kappa shape index (κ1) is 25.1. The average molecular weight is 495 g/mol. The number of benzene rings is 2. The van der Waals surface area contributed by atoms with E-state index in [0.29, 0.717) is 12.1 Å². The molecule has 0 saturated heterocycles. The zero-order valence-electron chi connectivity index (χ0n) is 19.6. The van der Waals surface area contributed by atoms with Gasteiger partial charge in [0.15, 0.2) is 5.69 Å². The van der Waals surface area contributed by atoms with Gasteiger partial charge >= 0.3 is 6.18 Å². The SMILES string of the molecule is CC(c1ccccc1)N(Cc1cccc(C(F)(F)F)c1)Cc1nc(C(=O)NCc2cccnc2)co1. The molecule has 1 atom stereocenters. The topological polar surface area (TPSA) is 71.3 Å². The van der Waals surface area contributed by atoms with Crippen molar-refractivity contribution in [2.24, 2.45) is 0 Å². The summed E-state index contributed by atoms with van der Waals surface area (Å²) in [4.78, 5) is 22.8. The molecule has 1 N–H and O–H groups in total. The van der Waals surface area contributed by atoms with Crippen molar-refractivity contribution in [2.75, 3.05) is 0 Å². The van der Waals surface area contributed by atoms with E-state index < -0.39 is 17.6 Å². The fraction of sp³-hybridized carbons (Fsp3) is 0.222. The highest BCUT2D eigenvalue weighted by Gasteiger charge is 2.30. The van der Waals surface area contributed by atoms with Gasteiger partial charge < -0.3 is 9.73 Å². The standard InChI is InChI=1S/C27H25F3N4O2/c1-19(22-9-3-2-4-10-22)34(16-20-7-5-11-23(13-20)27(28,29)30)17-25-33-24(18-36-25)26(35)32-15-21-8-6-12-31-14-21/h2-14,18-19H,15-17H2,1H3,(H,32,35). The molecule has 0 radical (unpaired) electrons. The number of halogens is 3. The Morgan fingerprint density at radius 3 is 2.53 bits per heavy atom. The van der Waals surface area contributed by atoms with Crippen LogP contribution in [0, 0.1) is 0 Å². The number of nitrogens with one attached hydrogen (secondary N) is 1. The summed E-state index contributed by atoms with van der Waals surface area (Å²) in [6.07, 6.45) is 0.165. The molecule has 2 aromatic carbocycles. The minimum atomic E-state index is -4.42. The van der Waals surface area contributed by atoms with Gasteiger partial charge in [0.05, 0.1) is 12.1 Å². The Morgan fingerprint density at radius 1 is 1.03 bits per heavy atom. The predicted molar refractivity (Wildman–Crippen MR) is 127 cm³/mol. The maximum Gasteiger partial charge on any atom is 0.416 e. The Kier molecular flexibility index (Phi) is 7.80. The summed E-state index contributed by atoms with van der Waals surface area (Å²) in [7, 11) is 0. The van der Waals surface area contributed by atoms with Crippen LogP contribution in [0.25, 0.3) is 0 Å². The summed E-state index contributed by atoms with van der Waals surface area (Å²) in [6, 6.07) is 18.4. The molecule has 186 valence electrons. The number of nitrogens with zero attached hydrogens (tertiary/aromatic N) is 3. The van der Waals surface area contributed by atoms with Gasteiger partial charge in [-0.05, 0) is 35.7 Å². The third-order valence-corrected chi connectivity index (χ3v) is 5.77. The molecule has 0 fully saturated rings. The lowest BCUT2D eigenvalue weighted by Crippen LogP contribution is -2.27. The number of amides is 1. The molecule has 2 aromatic heterocycles. The van der Waals surface area contributed by atoms with Crippen LogP contribution >= 0.6 is 0 Å². The molecule has 9 heteroatoms. The van der Waals surface area contributed by atoms with Crippen LogP contribution in [-0.4, -0.2) is 20.8 Å². The van der Waals surface area contributed by atoms with Gasteiger partial charge in [-0.15, -0.1) is 0 Å². The van der Waals surface area contributed by atoms with Gasteiger partial charge in [-0.25, -0.2) is 4.98 Å². The van der Waals surface area contributed by atoms with Gasteiger partial charge in [0.2, 0.25) is 5.89 Å². The quantitative estimate of drug-likeness (QED) is 0.319.